The first-order chi connectivity index (χ1) is 6.18. The van der Waals surface area contributed by atoms with E-state index in [0.29, 0.717) is 16.1 Å². The molecule has 1 N–H and O–H groups in total. The van der Waals surface area contributed by atoms with Crippen LogP contribution in [-0.2, 0) is 11.2 Å². The number of aliphatic hydroxyl groups excluding tert-OH is 1. The predicted octanol–water partition coefficient (Wildman–Crippen LogP) is 1.37. The van der Waals surface area contributed by atoms with E-state index in [1.165, 1.54) is 0 Å². The number of aliphatic hydroxyl groups is 1. The van der Waals surface area contributed by atoms with Gasteiger partial charge < -0.3 is 9.84 Å². The molecule has 1 aliphatic heterocycles. The summed E-state index contributed by atoms with van der Waals surface area (Å²) < 4.78 is 4.63. The van der Waals surface area contributed by atoms with Crippen molar-refractivity contribution in [1.29, 1.82) is 0 Å². The molecule has 68 valence electrons. The van der Waals surface area contributed by atoms with Gasteiger partial charge in [0.2, 0.25) is 6.29 Å². The molecule has 0 aromatic heterocycles. The van der Waals surface area contributed by atoms with Gasteiger partial charge in [-0.2, -0.15) is 0 Å². The highest BCUT2D eigenvalue weighted by molar-refractivity contribution is 6.31. The van der Waals surface area contributed by atoms with E-state index in [0.717, 1.165) is 0 Å². The second-order valence-electron chi connectivity index (χ2n) is 2.83. The summed E-state index contributed by atoms with van der Waals surface area (Å²) in [6.45, 7) is 0. The zero-order chi connectivity index (χ0) is 9.42. The minimum Gasteiger partial charge on any atom is -0.432 e. The second kappa shape index (κ2) is 3.01. The van der Waals surface area contributed by atoms with E-state index in [1.54, 1.807) is 18.2 Å². The van der Waals surface area contributed by atoms with Crippen LogP contribution in [0.5, 0.6) is 0 Å². The van der Waals surface area contributed by atoms with Gasteiger partial charge in [-0.3, -0.25) is 0 Å². The highest BCUT2D eigenvalue weighted by Gasteiger charge is 2.25. The minimum absolute atomic E-state index is 0.265. The number of hydrogen-bond acceptors (Lipinski definition) is 3. The summed E-state index contributed by atoms with van der Waals surface area (Å²) in [5.41, 5.74) is 1.10. The van der Waals surface area contributed by atoms with Gasteiger partial charge >= 0.3 is 5.97 Å². The zero-order valence-corrected chi connectivity index (χ0v) is 7.41. The lowest BCUT2D eigenvalue weighted by Gasteiger charge is -2.20. The van der Waals surface area contributed by atoms with Crippen LogP contribution in [0, 0.1) is 0 Å². The van der Waals surface area contributed by atoms with E-state index >= 15 is 0 Å². The van der Waals surface area contributed by atoms with Crippen molar-refractivity contribution in [1.82, 2.24) is 0 Å². The molecule has 1 heterocycles. The van der Waals surface area contributed by atoms with E-state index in [9.17, 15) is 4.79 Å². The highest BCUT2D eigenvalue weighted by Crippen LogP contribution is 2.26. The predicted molar refractivity (Wildman–Crippen MR) is 46.6 cm³/mol. The van der Waals surface area contributed by atoms with E-state index < -0.39 is 12.3 Å². The average Bonchev–Trinajstić information content (AvgIpc) is 2.07. The normalized spacial score (nSPS) is 20.8. The van der Waals surface area contributed by atoms with Gasteiger partial charge in [0, 0.05) is 11.4 Å². The third-order valence-corrected chi connectivity index (χ3v) is 2.31. The SMILES string of the molecule is O=C1OC(O)Cc2c(Cl)cccc21. The molecule has 1 aliphatic rings. The Morgan fingerprint density at radius 3 is 3.08 bits per heavy atom. The van der Waals surface area contributed by atoms with Crippen LogP contribution in [0.25, 0.3) is 0 Å². The van der Waals surface area contributed by atoms with Crippen LogP contribution in [0.2, 0.25) is 5.02 Å². The lowest BCUT2D eigenvalue weighted by atomic mass is 10.0. The van der Waals surface area contributed by atoms with Gasteiger partial charge in [0.15, 0.2) is 0 Å². The fourth-order valence-corrected chi connectivity index (χ4v) is 1.61. The summed E-state index contributed by atoms with van der Waals surface area (Å²) in [6, 6.07) is 5.00. The van der Waals surface area contributed by atoms with Crippen LogP contribution in [0.1, 0.15) is 15.9 Å². The van der Waals surface area contributed by atoms with E-state index in [1.807, 2.05) is 0 Å². The number of benzene rings is 1. The molecule has 1 aromatic carbocycles. The Bertz CT molecular complexity index is 362. The first kappa shape index (κ1) is 8.53. The molecule has 0 saturated heterocycles. The molecule has 0 bridgehead atoms. The summed E-state index contributed by atoms with van der Waals surface area (Å²) in [5, 5.41) is 9.64. The smallest absolute Gasteiger partial charge is 0.340 e. The molecule has 13 heavy (non-hydrogen) atoms. The van der Waals surface area contributed by atoms with E-state index in [2.05, 4.69) is 4.74 Å². The number of carbonyl (C=O) groups excluding carboxylic acids is 1. The molecule has 0 aliphatic carbocycles. The molecule has 0 saturated carbocycles. The first-order valence-electron chi connectivity index (χ1n) is 3.85. The fraction of sp³-hybridized carbons (Fsp3) is 0.222. The van der Waals surface area contributed by atoms with Crippen molar-refractivity contribution in [2.24, 2.45) is 0 Å². The number of cyclic esters (lactones) is 1. The number of hydrogen-bond donors (Lipinski definition) is 1. The number of carbonyl (C=O) groups is 1. The monoisotopic (exact) mass is 198 g/mol. The summed E-state index contributed by atoms with van der Waals surface area (Å²) in [7, 11) is 0. The molecular weight excluding hydrogens is 192 g/mol. The van der Waals surface area contributed by atoms with Gasteiger partial charge in [0.25, 0.3) is 0 Å². The van der Waals surface area contributed by atoms with Crippen molar-refractivity contribution in [2.45, 2.75) is 12.7 Å². The Morgan fingerprint density at radius 2 is 2.31 bits per heavy atom. The van der Waals surface area contributed by atoms with Crippen LogP contribution < -0.4 is 0 Å². The number of ether oxygens (including phenoxy) is 1. The van der Waals surface area contributed by atoms with E-state index in [4.69, 9.17) is 16.7 Å². The third kappa shape index (κ3) is 1.41. The van der Waals surface area contributed by atoms with Crippen molar-refractivity contribution < 1.29 is 14.6 Å². The summed E-state index contributed by atoms with van der Waals surface area (Å²) >= 11 is 5.85. The Kier molecular flexibility index (Phi) is 1.98. The molecule has 0 spiro atoms. The van der Waals surface area contributed by atoms with Crippen LogP contribution in [0.3, 0.4) is 0 Å². The molecule has 0 amide bonds. The quantitative estimate of drug-likeness (QED) is 0.641. The largest absolute Gasteiger partial charge is 0.432 e. The van der Waals surface area contributed by atoms with Gasteiger partial charge in [-0.15, -0.1) is 0 Å². The van der Waals surface area contributed by atoms with Crippen molar-refractivity contribution in [3.05, 3.63) is 34.3 Å². The molecule has 1 aromatic rings. The molecule has 3 nitrogen and oxygen atoms in total. The number of rotatable bonds is 0. The van der Waals surface area contributed by atoms with Crippen LogP contribution in [0.4, 0.5) is 0 Å². The molecular formula is C9H7ClO3. The second-order valence-corrected chi connectivity index (χ2v) is 3.24. The summed E-state index contributed by atoms with van der Waals surface area (Å²) in [4.78, 5) is 11.2. The summed E-state index contributed by atoms with van der Waals surface area (Å²) in [6.07, 6.45) is -0.805. The van der Waals surface area contributed by atoms with Crippen molar-refractivity contribution in [3.63, 3.8) is 0 Å². The Balaban J connectivity index is 2.55. The molecule has 0 radical (unpaired) electrons. The zero-order valence-electron chi connectivity index (χ0n) is 6.66. The first-order valence-corrected chi connectivity index (χ1v) is 4.22. The Labute approximate surface area is 79.9 Å². The lowest BCUT2D eigenvalue weighted by Crippen LogP contribution is -2.27. The molecule has 0 fully saturated rings. The van der Waals surface area contributed by atoms with Crippen molar-refractivity contribution in [2.75, 3.05) is 0 Å². The Morgan fingerprint density at radius 1 is 1.54 bits per heavy atom. The maximum Gasteiger partial charge on any atom is 0.340 e. The summed E-state index contributed by atoms with van der Waals surface area (Å²) in [5.74, 6) is -0.517. The highest BCUT2D eigenvalue weighted by atomic mass is 35.5. The van der Waals surface area contributed by atoms with Crippen LogP contribution in [0.15, 0.2) is 18.2 Å². The number of esters is 1. The third-order valence-electron chi connectivity index (χ3n) is 1.96. The average molecular weight is 199 g/mol. The van der Waals surface area contributed by atoms with Gasteiger partial charge in [-0.1, -0.05) is 17.7 Å². The fourth-order valence-electron chi connectivity index (χ4n) is 1.36. The van der Waals surface area contributed by atoms with Crippen molar-refractivity contribution in [3.8, 4) is 0 Å². The van der Waals surface area contributed by atoms with Gasteiger partial charge in [-0.05, 0) is 17.7 Å². The standard InChI is InChI=1S/C9H7ClO3/c10-7-3-1-2-5-6(7)4-8(11)13-9(5)12/h1-3,8,11H,4H2. The van der Waals surface area contributed by atoms with E-state index in [-0.39, 0.29) is 6.42 Å². The van der Waals surface area contributed by atoms with Gasteiger partial charge in [-0.25, -0.2) is 4.79 Å². The van der Waals surface area contributed by atoms with Crippen LogP contribution >= 0.6 is 11.6 Å². The molecule has 4 heteroatoms. The maximum atomic E-state index is 11.2. The minimum atomic E-state index is -1.07. The van der Waals surface area contributed by atoms with Gasteiger partial charge in [0.05, 0.1) is 5.56 Å². The van der Waals surface area contributed by atoms with Gasteiger partial charge in [0.1, 0.15) is 0 Å². The number of halogens is 1. The van der Waals surface area contributed by atoms with Crippen LogP contribution in [-0.4, -0.2) is 17.4 Å². The molecule has 1 unspecified atom stereocenters. The lowest BCUT2D eigenvalue weighted by molar-refractivity contribution is -0.0687. The topological polar surface area (TPSA) is 46.5 Å². The maximum absolute atomic E-state index is 11.2. The molecule has 2 rings (SSSR count). The number of fused-ring (bicyclic) bond motifs is 1. The van der Waals surface area contributed by atoms with Crippen molar-refractivity contribution >= 4 is 17.6 Å². The molecule has 1 atom stereocenters. The Hall–Kier alpha value is -1.06.